The van der Waals surface area contributed by atoms with Crippen molar-refractivity contribution >= 4 is 17.5 Å². The molecule has 2 amide bonds. The summed E-state index contributed by atoms with van der Waals surface area (Å²) in [5, 5.41) is 15.5. The second kappa shape index (κ2) is 8.64. The van der Waals surface area contributed by atoms with Gasteiger partial charge in [-0.3, -0.25) is 14.0 Å². The summed E-state index contributed by atoms with van der Waals surface area (Å²) in [7, 11) is 0. The number of amides is 2. The fraction of sp³-hybridized carbons (Fsp3) is 0.654. The Morgan fingerprint density at radius 1 is 1.12 bits per heavy atom. The molecule has 1 unspecified atom stereocenters. The summed E-state index contributed by atoms with van der Waals surface area (Å²) in [6, 6.07) is 5.67. The largest absolute Gasteiger partial charge is 0.395 e. The van der Waals surface area contributed by atoms with Crippen LogP contribution in [0.4, 0.5) is 0 Å². The van der Waals surface area contributed by atoms with Crippen molar-refractivity contribution in [1.82, 2.24) is 24.9 Å². The third-order valence-electron chi connectivity index (χ3n) is 8.75. The zero-order chi connectivity index (χ0) is 23.3. The Bertz CT molecular complexity index is 1060. The van der Waals surface area contributed by atoms with E-state index in [4.69, 9.17) is 5.11 Å². The average molecular weight is 466 g/mol. The van der Waals surface area contributed by atoms with Crippen LogP contribution in [-0.4, -0.2) is 70.0 Å². The first-order chi connectivity index (χ1) is 16.5. The number of nitrogens with one attached hydrogen (secondary N) is 2. The molecule has 1 saturated heterocycles. The molecule has 8 nitrogen and oxygen atoms in total. The number of hydrogen-bond acceptors (Lipinski definition) is 5. The summed E-state index contributed by atoms with van der Waals surface area (Å²) < 4.78 is 1.75. The summed E-state index contributed by atoms with van der Waals surface area (Å²) in [6.45, 7) is 2.63. The second-order valence-electron chi connectivity index (χ2n) is 11.3. The molecule has 182 valence electrons. The SMILES string of the molecule is O=C(NCC12CC3CC(CC(C3)C1)C2)c1cccc2nc(C(=O)N3CCC(NCCO)C3)cn12. The molecule has 4 saturated carbocycles. The van der Waals surface area contributed by atoms with Gasteiger partial charge >= 0.3 is 0 Å². The van der Waals surface area contributed by atoms with Crippen molar-refractivity contribution in [3.05, 3.63) is 35.8 Å². The predicted octanol–water partition coefficient (Wildman–Crippen LogP) is 2.08. The maximum Gasteiger partial charge on any atom is 0.274 e. The lowest BCUT2D eigenvalue weighted by atomic mass is 9.49. The lowest BCUT2D eigenvalue weighted by molar-refractivity contribution is -0.0503. The van der Waals surface area contributed by atoms with Crippen molar-refractivity contribution in [3.8, 4) is 0 Å². The number of imidazole rings is 1. The topological polar surface area (TPSA) is 99.0 Å². The van der Waals surface area contributed by atoms with Gasteiger partial charge in [0.15, 0.2) is 0 Å². The Morgan fingerprint density at radius 3 is 2.56 bits per heavy atom. The van der Waals surface area contributed by atoms with E-state index in [1.54, 1.807) is 15.5 Å². The van der Waals surface area contributed by atoms with Crippen LogP contribution in [0.1, 0.15) is 65.9 Å². The van der Waals surface area contributed by atoms with E-state index in [1.165, 1.54) is 38.5 Å². The molecule has 0 spiro atoms. The summed E-state index contributed by atoms with van der Waals surface area (Å²) in [4.78, 5) is 32.7. The first-order valence-corrected chi connectivity index (χ1v) is 12.9. The normalized spacial score (nSPS) is 32.0. The molecule has 34 heavy (non-hydrogen) atoms. The first-order valence-electron chi connectivity index (χ1n) is 12.9. The summed E-state index contributed by atoms with van der Waals surface area (Å²) in [6.07, 6.45) is 10.5. The van der Waals surface area contributed by atoms with E-state index >= 15 is 0 Å². The van der Waals surface area contributed by atoms with Gasteiger partial charge in [-0.25, -0.2) is 4.98 Å². The van der Waals surface area contributed by atoms with E-state index in [-0.39, 0.29) is 29.9 Å². The molecule has 4 aliphatic carbocycles. The summed E-state index contributed by atoms with van der Waals surface area (Å²) in [5.41, 5.74) is 1.78. The molecule has 2 aromatic rings. The number of rotatable bonds is 7. The molecule has 0 aromatic carbocycles. The van der Waals surface area contributed by atoms with Crippen LogP contribution in [0.5, 0.6) is 0 Å². The summed E-state index contributed by atoms with van der Waals surface area (Å²) >= 11 is 0. The Kier molecular flexibility index (Phi) is 5.60. The molecule has 3 heterocycles. The quantitative estimate of drug-likeness (QED) is 0.582. The number of hydrogen-bond donors (Lipinski definition) is 3. The number of aromatic nitrogens is 2. The van der Waals surface area contributed by atoms with Gasteiger partial charge in [-0.2, -0.15) is 0 Å². The van der Waals surface area contributed by atoms with Crippen LogP contribution in [0.25, 0.3) is 5.65 Å². The highest BCUT2D eigenvalue weighted by atomic mass is 16.3. The van der Waals surface area contributed by atoms with Crippen LogP contribution < -0.4 is 10.6 Å². The van der Waals surface area contributed by atoms with Crippen LogP contribution in [0, 0.1) is 23.2 Å². The number of pyridine rings is 1. The highest BCUT2D eigenvalue weighted by Crippen LogP contribution is 2.59. The van der Waals surface area contributed by atoms with Crippen molar-refractivity contribution in [1.29, 1.82) is 0 Å². The second-order valence-corrected chi connectivity index (χ2v) is 11.3. The van der Waals surface area contributed by atoms with Crippen LogP contribution >= 0.6 is 0 Å². The van der Waals surface area contributed by atoms with Gasteiger partial charge in [0, 0.05) is 38.4 Å². The van der Waals surface area contributed by atoms with E-state index in [9.17, 15) is 9.59 Å². The van der Waals surface area contributed by atoms with Crippen molar-refractivity contribution in [2.24, 2.45) is 23.2 Å². The van der Waals surface area contributed by atoms with Crippen LogP contribution in [-0.2, 0) is 0 Å². The van der Waals surface area contributed by atoms with E-state index in [0.29, 0.717) is 36.7 Å². The Morgan fingerprint density at radius 2 is 1.85 bits per heavy atom. The summed E-state index contributed by atoms with van der Waals surface area (Å²) in [5.74, 6) is 2.37. The third kappa shape index (κ3) is 4.01. The number of fused-ring (bicyclic) bond motifs is 1. The smallest absolute Gasteiger partial charge is 0.274 e. The van der Waals surface area contributed by atoms with E-state index in [2.05, 4.69) is 15.6 Å². The minimum atomic E-state index is -0.114. The van der Waals surface area contributed by atoms with E-state index in [0.717, 1.165) is 30.7 Å². The first kappa shape index (κ1) is 22.0. The standard InChI is InChI=1S/C26H35N5O3/c32-7-5-27-20-4-6-30(14-20)25(34)21-15-31-22(2-1-3-23(31)29-21)24(33)28-16-26-11-17-8-18(12-26)10-19(9-17)13-26/h1-3,15,17-20,27,32H,4-14,16H2,(H,28,33). The predicted molar refractivity (Wildman–Crippen MR) is 128 cm³/mol. The number of nitrogens with zero attached hydrogens (tertiary/aromatic N) is 3. The highest BCUT2D eigenvalue weighted by molar-refractivity contribution is 5.95. The van der Waals surface area contributed by atoms with Gasteiger partial charge in [-0.05, 0) is 80.2 Å². The van der Waals surface area contributed by atoms with Gasteiger partial charge in [0.05, 0.1) is 6.61 Å². The molecular formula is C26H35N5O3. The van der Waals surface area contributed by atoms with Crippen molar-refractivity contribution in [3.63, 3.8) is 0 Å². The zero-order valence-corrected chi connectivity index (χ0v) is 19.7. The number of likely N-dealkylation sites (tertiary alicyclic amines) is 1. The molecule has 5 fully saturated rings. The molecule has 1 aliphatic heterocycles. The maximum absolute atomic E-state index is 13.2. The lowest BCUT2D eigenvalue weighted by Gasteiger charge is -2.56. The van der Waals surface area contributed by atoms with Crippen molar-refractivity contribution in [2.45, 2.75) is 51.0 Å². The van der Waals surface area contributed by atoms with Crippen molar-refractivity contribution < 1.29 is 14.7 Å². The maximum atomic E-state index is 13.2. The molecule has 2 aromatic heterocycles. The number of carbonyl (C=O) groups excluding carboxylic acids is 2. The lowest BCUT2D eigenvalue weighted by Crippen LogP contribution is -2.51. The van der Waals surface area contributed by atoms with Gasteiger partial charge < -0.3 is 20.6 Å². The molecule has 4 bridgehead atoms. The number of aliphatic hydroxyl groups excluding tert-OH is 1. The van der Waals surface area contributed by atoms with Gasteiger partial charge in [0.1, 0.15) is 17.0 Å². The van der Waals surface area contributed by atoms with Crippen LogP contribution in [0.15, 0.2) is 24.4 Å². The van der Waals surface area contributed by atoms with E-state index in [1.807, 2.05) is 18.2 Å². The van der Waals surface area contributed by atoms with Crippen molar-refractivity contribution in [2.75, 3.05) is 32.8 Å². The molecule has 5 aliphatic rings. The van der Waals surface area contributed by atoms with Crippen LogP contribution in [0.2, 0.25) is 0 Å². The van der Waals surface area contributed by atoms with Gasteiger partial charge in [-0.1, -0.05) is 6.07 Å². The van der Waals surface area contributed by atoms with Gasteiger partial charge in [0.25, 0.3) is 11.8 Å². The fourth-order valence-corrected chi connectivity index (χ4v) is 7.71. The third-order valence-corrected chi connectivity index (χ3v) is 8.75. The van der Waals surface area contributed by atoms with Crippen LogP contribution in [0.3, 0.4) is 0 Å². The molecule has 7 rings (SSSR count). The van der Waals surface area contributed by atoms with Gasteiger partial charge in [0.2, 0.25) is 0 Å². The molecule has 8 heteroatoms. The van der Waals surface area contributed by atoms with E-state index < -0.39 is 0 Å². The average Bonchev–Trinajstić information content (AvgIpc) is 3.47. The Balaban J connectivity index is 1.15. The molecule has 3 N–H and O–H groups in total. The molecule has 1 atom stereocenters. The number of carbonyl (C=O) groups is 2. The Labute approximate surface area is 200 Å². The molecule has 0 radical (unpaired) electrons. The van der Waals surface area contributed by atoms with Gasteiger partial charge in [-0.15, -0.1) is 0 Å². The molecular weight excluding hydrogens is 430 g/mol. The minimum absolute atomic E-state index is 0.0879. The minimum Gasteiger partial charge on any atom is -0.395 e. The highest BCUT2D eigenvalue weighted by Gasteiger charge is 2.50. The Hall–Kier alpha value is -2.45. The number of aliphatic hydroxyl groups is 1. The monoisotopic (exact) mass is 465 g/mol. The zero-order valence-electron chi connectivity index (χ0n) is 19.7. The fourth-order valence-electron chi connectivity index (χ4n) is 7.71.